The number of nitrogens with one attached hydrogen (secondary N) is 1. The summed E-state index contributed by atoms with van der Waals surface area (Å²) in [6.45, 7) is 5.86. The van der Waals surface area contributed by atoms with Crippen LogP contribution in [0.3, 0.4) is 0 Å². The van der Waals surface area contributed by atoms with Crippen molar-refractivity contribution in [1.82, 2.24) is 10.3 Å². The molecule has 1 unspecified atom stereocenters. The Bertz CT molecular complexity index is 1350. The van der Waals surface area contributed by atoms with Crippen molar-refractivity contribution in [3.63, 3.8) is 0 Å². The van der Waals surface area contributed by atoms with E-state index >= 15 is 0 Å². The summed E-state index contributed by atoms with van der Waals surface area (Å²) in [5.74, 6) is -6.08. The highest BCUT2D eigenvalue weighted by Gasteiger charge is 2.52. The third kappa shape index (κ3) is 8.45. The lowest BCUT2D eigenvalue weighted by atomic mass is 9.66. The lowest BCUT2D eigenvalue weighted by Crippen LogP contribution is -2.54. The van der Waals surface area contributed by atoms with Crippen molar-refractivity contribution in [2.24, 2.45) is 23.2 Å². The number of hydrogen-bond donors (Lipinski definition) is 2. The van der Waals surface area contributed by atoms with E-state index < -0.39 is 59.9 Å². The first kappa shape index (κ1) is 33.8. The molecule has 1 aliphatic heterocycles. The zero-order chi connectivity index (χ0) is 32.4. The number of hydrogen-bond acceptors (Lipinski definition) is 11. The summed E-state index contributed by atoms with van der Waals surface area (Å²) in [6, 6.07) is 10.3. The minimum Gasteiger partial charge on any atom is -0.493 e. The van der Waals surface area contributed by atoms with E-state index in [0.717, 1.165) is 5.56 Å². The highest BCUT2D eigenvalue weighted by molar-refractivity contribution is 5.96. The lowest BCUT2D eigenvalue weighted by molar-refractivity contribution is -0.169. The maximum absolute atomic E-state index is 13.5. The Balaban J connectivity index is 1.97. The van der Waals surface area contributed by atoms with Crippen LogP contribution in [-0.2, 0) is 35.0 Å². The van der Waals surface area contributed by atoms with Crippen molar-refractivity contribution in [2.75, 3.05) is 26.9 Å². The number of ether oxygens (including phenoxy) is 5. The first-order chi connectivity index (χ1) is 20.9. The fourth-order valence-corrected chi connectivity index (χ4v) is 5.08. The summed E-state index contributed by atoms with van der Waals surface area (Å²) in [6.07, 6.45) is -0.980. The number of aromatic nitrogens is 1. The van der Waals surface area contributed by atoms with Crippen LogP contribution in [0.25, 0.3) is 0 Å². The molecule has 13 nitrogen and oxygen atoms in total. The molecule has 1 aliphatic rings. The zero-order valence-electron chi connectivity index (χ0n) is 25.4. The summed E-state index contributed by atoms with van der Waals surface area (Å²) in [5, 5.41) is 13.1. The van der Waals surface area contributed by atoms with Gasteiger partial charge in [-0.1, -0.05) is 44.2 Å². The van der Waals surface area contributed by atoms with Crippen LogP contribution in [0.5, 0.6) is 11.5 Å². The molecule has 2 aromatic rings. The van der Waals surface area contributed by atoms with Gasteiger partial charge in [0.05, 0.1) is 31.5 Å². The molecule has 3 rings (SSSR count). The Labute approximate surface area is 255 Å². The van der Waals surface area contributed by atoms with Gasteiger partial charge in [0, 0.05) is 24.7 Å². The third-order valence-electron chi connectivity index (χ3n) is 7.27. The number of pyridine rings is 1. The summed E-state index contributed by atoms with van der Waals surface area (Å²) >= 11 is 0. The second kappa shape index (κ2) is 15.2. The molecule has 1 amide bonds. The first-order valence-electron chi connectivity index (χ1n) is 14.2. The topological polar surface area (TPSA) is 177 Å². The molecule has 1 fully saturated rings. The monoisotopic (exact) mass is 614 g/mol. The van der Waals surface area contributed by atoms with Crippen molar-refractivity contribution >= 4 is 30.0 Å². The average molecular weight is 615 g/mol. The molecule has 0 aliphatic carbocycles. The first-order valence-corrected chi connectivity index (χ1v) is 14.2. The van der Waals surface area contributed by atoms with Gasteiger partial charge < -0.3 is 34.1 Å². The fourth-order valence-electron chi connectivity index (χ4n) is 5.08. The zero-order valence-corrected chi connectivity index (χ0v) is 25.4. The molecular weight excluding hydrogens is 576 g/mol. The molecule has 44 heavy (non-hydrogen) atoms. The van der Waals surface area contributed by atoms with Gasteiger partial charge in [0.2, 0.25) is 5.75 Å². The number of cyclic esters (lactones) is 2. The Morgan fingerprint density at radius 3 is 2.50 bits per heavy atom. The summed E-state index contributed by atoms with van der Waals surface area (Å²) in [4.78, 5) is 68.6. The molecule has 0 spiro atoms. The maximum Gasteiger partial charge on any atom is 0.514 e. The Kier molecular flexibility index (Phi) is 11.7. The molecule has 2 heterocycles. The molecule has 4 atom stereocenters. The minimum atomic E-state index is -1.87. The van der Waals surface area contributed by atoms with Gasteiger partial charge in [-0.2, -0.15) is 0 Å². The summed E-state index contributed by atoms with van der Waals surface area (Å²) in [7, 11) is 1.30. The molecule has 2 N–H and O–H groups in total. The molecule has 1 aromatic heterocycles. The van der Waals surface area contributed by atoms with Crippen molar-refractivity contribution < 1.29 is 52.8 Å². The van der Waals surface area contributed by atoms with E-state index in [9.17, 15) is 29.1 Å². The normalized spacial score (nSPS) is 20.1. The second-order valence-corrected chi connectivity index (χ2v) is 11.1. The number of carbonyl (C=O) groups excluding carboxylic acids is 4. The second-order valence-electron chi connectivity index (χ2n) is 11.1. The molecule has 1 saturated heterocycles. The Morgan fingerprint density at radius 1 is 1.16 bits per heavy atom. The number of nitrogens with zero attached hydrogens (tertiary/aromatic N) is 1. The Morgan fingerprint density at radius 2 is 1.86 bits per heavy atom. The third-order valence-corrected chi connectivity index (χ3v) is 7.27. The van der Waals surface area contributed by atoms with Crippen molar-refractivity contribution in [1.29, 1.82) is 0 Å². The van der Waals surface area contributed by atoms with Crippen LogP contribution in [-0.4, -0.2) is 73.0 Å². The predicted molar refractivity (Wildman–Crippen MR) is 154 cm³/mol. The highest BCUT2D eigenvalue weighted by atomic mass is 16.7. The van der Waals surface area contributed by atoms with Crippen LogP contribution >= 0.6 is 0 Å². The summed E-state index contributed by atoms with van der Waals surface area (Å²) < 4.78 is 26.5. The average Bonchev–Trinajstić information content (AvgIpc) is 3.03. The fraction of sp³-hybridized carbons (Fsp3) is 0.484. The van der Waals surface area contributed by atoms with Gasteiger partial charge >= 0.3 is 24.1 Å². The predicted octanol–water partition coefficient (Wildman–Crippen LogP) is 3.44. The van der Waals surface area contributed by atoms with Crippen LogP contribution < -0.4 is 14.8 Å². The van der Waals surface area contributed by atoms with Crippen molar-refractivity contribution in [2.45, 2.75) is 46.6 Å². The van der Waals surface area contributed by atoms with E-state index in [1.807, 2.05) is 13.8 Å². The number of carbonyl (C=O) groups is 5. The largest absolute Gasteiger partial charge is 0.514 e. The number of esters is 2. The Hall–Kier alpha value is -4.68. The number of carboxylic acid groups (broad SMARTS) is 1. The number of rotatable bonds is 11. The van der Waals surface area contributed by atoms with E-state index in [0.29, 0.717) is 0 Å². The summed E-state index contributed by atoms with van der Waals surface area (Å²) in [5.41, 5.74) is -1.50. The van der Waals surface area contributed by atoms with Gasteiger partial charge in [0.25, 0.3) is 5.91 Å². The van der Waals surface area contributed by atoms with Gasteiger partial charge in [-0.3, -0.25) is 19.2 Å². The minimum absolute atomic E-state index is 0.00937. The van der Waals surface area contributed by atoms with Crippen molar-refractivity contribution in [3.05, 3.63) is 53.9 Å². The molecule has 0 bridgehead atoms. The number of carboxylic acids is 1. The quantitative estimate of drug-likeness (QED) is 0.279. The SMILES string of the molecule is COc1ccnc(C(=O)NCC(C)(C(=O)O)[C@@H]2[C@H](C)OC(=O)CCOC(=O)[C@@H]2Cc2ccccc2)c1OC(=O)OCC(C)C. The van der Waals surface area contributed by atoms with Crippen LogP contribution in [0.4, 0.5) is 4.79 Å². The van der Waals surface area contributed by atoms with Gasteiger partial charge in [0.15, 0.2) is 11.4 Å². The van der Waals surface area contributed by atoms with Gasteiger partial charge in [-0.05, 0) is 31.7 Å². The molecule has 13 heteroatoms. The van der Waals surface area contributed by atoms with E-state index in [-0.39, 0.29) is 49.2 Å². The molecule has 238 valence electrons. The van der Waals surface area contributed by atoms with Crippen molar-refractivity contribution in [3.8, 4) is 11.5 Å². The smallest absolute Gasteiger partial charge is 0.493 e. The standard InChI is InChI=1S/C31H38N2O11/c1-18(2)16-42-30(39)44-26-22(40-5)11-13-32-25(26)27(35)33-17-31(4,29(37)38)24-19(3)43-23(34)12-14-41-28(36)21(24)15-20-9-7-6-8-10-20/h6-11,13,18-19,21,24H,12,14-17H2,1-5H3,(H,33,35)(H,37,38)/t19-,21+,24+,31?/m0/s1. The van der Waals surface area contributed by atoms with Crippen LogP contribution in [0.15, 0.2) is 42.6 Å². The van der Waals surface area contributed by atoms with E-state index in [2.05, 4.69) is 10.3 Å². The van der Waals surface area contributed by atoms with Crippen LogP contribution in [0.2, 0.25) is 0 Å². The lowest BCUT2D eigenvalue weighted by Gasteiger charge is -2.40. The molecule has 0 saturated carbocycles. The number of benzene rings is 1. The van der Waals surface area contributed by atoms with E-state index in [1.165, 1.54) is 33.2 Å². The van der Waals surface area contributed by atoms with E-state index in [1.54, 1.807) is 30.3 Å². The highest BCUT2D eigenvalue weighted by Crippen LogP contribution is 2.40. The van der Waals surface area contributed by atoms with Gasteiger partial charge in [-0.25, -0.2) is 9.78 Å². The number of aliphatic carboxylic acids is 1. The van der Waals surface area contributed by atoms with Gasteiger partial charge in [-0.15, -0.1) is 0 Å². The van der Waals surface area contributed by atoms with Crippen LogP contribution in [0, 0.1) is 23.2 Å². The number of amides is 1. The van der Waals surface area contributed by atoms with Crippen LogP contribution in [0.1, 0.15) is 50.2 Å². The number of methoxy groups -OCH3 is 1. The van der Waals surface area contributed by atoms with Gasteiger partial charge in [0.1, 0.15) is 12.7 Å². The maximum atomic E-state index is 13.5. The van der Waals surface area contributed by atoms with E-state index in [4.69, 9.17) is 23.7 Å². The molecular formula is C31H38N2O11. The molecule has 1 aromatic carbocycles. The molecule has 0 radical (unpaired) electrons.